The summed E-state index contributed by atoms with van der Waals surface area (Å²) in [4.78, 5) is 19.5. The van der Waals surface area contributed by atoms with Gasteiger partial charge in [0.15, 0.2) is 0 Å². The molecule has 1 aliphatic rings. The number of anilines is 2. The van der Waals surface area contributed by atoms with Crippen LogP contribution in [0.4, 0.5) is 15.2 Å². The Kier molecular flexibility index (Phi) is 5.57. The van der Waals surface area contributed by atoms with Gasteiger partial charge in [-0.3, -0.25) is 9.69 Å². The lowest BCUT2D eigenvalue weighted by molar-refractivity contribution is 0.100. The molecular weight excluding hydrogens is 391 g/mol. The summed E-state index contributed by atoms with van der Waals surface area (Å²) in [5.74, 6) is -0.248. The van der Waals surface area contributed by atoms with Crippen molar-refractivity contribution >= 4 is 28.1 Å². The molecule has 4 N–H and O–H groups in total. The molecule has 1 atom stereocenters. The van der Waals surface area contributed by atoms with Crippen molar-refractivity contribution in [3.05, 3.63) is 65.6 Å². The van der Waals surface area contributed by atoms with Crippen molar-refractivity contribution in [3.63, 3.8) is 0 Å². The number of likely N-dealkylation sites (tertiary alicyclic amines) is 1. The van der Waals surface area contributed by atoms with Gasteiger partial charge in [0.25, 0.3) is 5.91 Å². The van der Waals surface area contributed by atoms with Crippen LogP contribution in [0, 0.1) is 5.82 Å². The van der Waals surface area contributed by atoms with Crippen molar-refractivity contribution in [2.24, 2.45) is 5.73 Å². The highest BCUT2D eigenvalue weighted by Crippen LogP contribution is 2.36. The van der Waals surface area contributed by atoms with Gasteiger partial charge >= 0.3 is 0 Å². The van der Waals surface area contributed by atoms with Gasteiger partial charge < -0.3 is 16.2 Å². The second kappa shape index (κ2) is 8.28. The number of aromatic nitrogens is 1. The van der Waals surface area contributed by atoms with Crippen LogP contribution in [0.1, 0.15) is 22.5 Å². The number of rotatable bonds is 6. The number of hydrogen-bond donors (Lipinski definition) is 3. The number of carbonyl (C=O) groups is 1. The fourth-order valence-corrected chi connectivity index (χ4v) is 4.44. The summed E-state index contributed by atoms with van der Waals surface area (Å²) in [6.07, 6.45) is 0.506. The lowest BCUT2D eigenvalue weighted by atomic mass is 10.1. The zero-order chi connectivity index (χ0) is 20.4. The predicted molar refractivity (Wildman–Crippen MR) is 112 cm³/mol. The summed E-state index contributed by atoms with van der Waals surface area (Å²) in [6, 6.07) is 13.5. The number of halogens is 1. The Bertz CT molecular complexity index is 1020. The molecule has 4 rings (SSSR count). The average molecular weight is 412 g/mol. The third-order valence-electron chi connectivity index (χ3n) is 4.81. The van der Waals surface area contributed by atoms with Crippen LogP contribution in [0.3, 0.4) is 0 Å². The molecule has 2 aromatic heterocycles. The minimum absolute atomic E-state index is 0.273. The average Bonchev–Trinajstić information content (AvgIpc) is 3.29. The van der Waals surface area contributed by atoms with Gasteiger partial charge in [0.2, 0.25) is 0 Å². The molecule has 1 aliphatic heterocycles. The minimum atomic E-state index is -0.542. The van der Waals surface area contributed by atoms with E-state index in [1.807, 2.05) is 18.2 Å². The normalized spacial score (nSPS) is 16.8. The van der Waals surface area contributed by atoms with Gasteiger partial charge in [-0.15, -0.1) is 11.3 Å². The Morgan fingerprint density at radius 2 is 2.10 bits per heavy atom. The summed E-state index contributed by atoms with van der Waals surface area (Å²) in [5, 5.41) is 13.5. The van der Waals surface area contributed by atoms with Crippen LogP contribution in [-0.4, -0.2) is 40.1 Å². The van der Waals surface area contributed by atoms with E-state index in [0.29, 0.717) is 29.5 Å². The number of pyridine rings is 1. The van der Waals surface area contributed by atoms with Gasteiger partial charge in [0.1, 0.15) is 16.6 Å². The highest BCUT2D eigenvalue weighted by Gasteiger charge is 2.21. The molecule has 3 aromatic rings. The largest absolute Gasteiger partial charge is 0.392 e. The summed E-state index contributed by atoms with van der Waals surface area (Å²) >= 11 is 1.36. The number of primary amides is 1. The molecule has 1 aromatic carbocycles. The second-order valence-corrected chi connectivity index (χ2v) is 8.09. The first-order chi connectivity index (χ1) is 14.0. The van der Waals surface area contributed by atoms with Gasteiger partial charge in [-0.1, -0.05) is 18.2 Å². The van der Waals surface area contributed by atoms with E-state index in [1.165, 1.54) is 23.5 Å². The Balaban J connectivity index is 1.56. The molecule has 1 fully saturated rings. The number of amides is 1. The highest BCUT2D eigenvalue weighted by molar-refractivity contribution is 7.19. The molecule has 29 heavy (non-hydrogen) atoms. The Morgan fingerprint density at radius 3 is 2.79 bits per heavy atom. The molecule has 0 saturated carbocycles. The fourth-order valence-electron chi connectivity index (χ4n) is 3.36. The number of thiophene rings is 1. The molecule has 6 nitrogen and oxygen atoms in total. The maximum absolute atomic E-state index is 13.2. The minimum Gasteiger partial charge on any atom is -0.392 e. The maximum atomic E-state index is 13.2. The van der Waals surface area contributed by atoms with E-state index in [-0.39, 0.29) is 11.9 Å². The maximum Gasteiger partial charge on any atom is 0.251 e. The van der Waals surface area contributed by atoms with Gasteiger partial charge in [-0.05, 0) is 42.3 Å². The molecule has 8 heteroatoms. The Labute approximate surface area is 171 Å². The van der Waals surface area contributed by atoms with E-state index in [0.717, 1.165) is 29.1 Å². The first-order valence-electron chi connectivity index (χ1n) is 9.31. The standard InChI is InChI=1S/C21H21FN4O2S/c22-14-6-4-13(5-7-14)18-10-17(20(23)28)21(29-18)25-19-3-1-2-15(24-19)11-26-9-8-16(27)12-26/h1-7,10,16,27H,8-9,11-12H2,(H2,23,28)(H,24,25). The molecule has 3 heterocycles. The number of aliphatic hydroxyl groups is 1. The van der Waals surface area contributed by atoms with Crippen LogP contribution in [0.5, 0.6) is 0 Å². The number of carbonyl (C=O) groups excluding carboxylic acids is 1. The van der Waals surface area contributed by atoms with Crippen LogP contribution in [0.15, 0.2) is 48.5 Å². The number of hydrogen-bond acceptors (Lipinski definition) is 6. The van der Waals surface area contributed by atoms with Crippen molar-refractivity contribution in [3.8, 4) is 10.4 Å². The van der Waals surface area contributed by atoms with E-state index in [2.05, 4.69) is 15.2 Å². The number of benzene rings is 1. The summed E-state index contributed by atoms with van der Waals surface area (Å²) in [7, 11) is 0. The van der Waals surface area contributed by atoms with Crippen LogP contribution < -0.4 is 11.1 Å². The number of nitrogens with one attached hydrogen (secondary N) is 1. The zero-order valence-electron chi connectivity index (χ0n) is 15.6. The molecule has 1 unspecified atom stereocenters. The SMILES string of the molecule is NC(=O)c1cc(-c2ccc(F)cc2)sc1Nc1cccc(CN2CCC(O)C2)n1. The summed E-state index contributed by atoms with van der Waals surface area (Å²) < 4.78 is 13.2. The zero-order valence-corrected chi connectivity index (χ0v) is 16.5. The van der Waals surface area contributed by atoms with E-state index in [1.54, 1.807) is 18.2 Å². The van der Waals surface area contributed by atoms with Crippen LogP contribution in [0.2, 0.25) is 0 Å². The van der Waals surface area contributed by atoms with E-state index in [9.17, 15) is 14.3 Å². The third-order valence-corrected chi connectivity index (χ3v) is 5.91. The molecule has 0 bridgehead atoms. The van der Waals surface area contributed by atoms with Crippen LogP contribution in [-0.2, 0) is 6.54 Å². The summed E-state index contributed by atoms with van der Waals surface area (Å²) in [5.41, 5.74) is 7.60. The van der Waals surface area contributed by atoms with Crippen molar-refractivity contribution in [1.29, 1.82) is 0 Å². The number of aliphatic hydroxyl groups excluding tert-OH is 1. The fraction of sp³-hybridized carbons (Fsp3) is 0.238. The first kappa shape index (κ1) is 19.5. The topological polar surface area (TPSA) is 91.5 Å². The molecule has 1 saturated heterocycles. The van der Waals surface area contributed by atoms with Crippen LogP contribution in [0.25, 0.3) is 10.4 Å². The van der Waals surface area contributed by atoms with Crippen LogP contribution >= 0.6 is 11.3 Å². The van der Waals surface area contributed by atoms with Crippen molar-refractivity contribution in [1.82, 2.24) is 9.88 Å². The van der Waals surface area contributed by atoms with Crippen molar-refractivity contribution in [2.75, 3.05) is 18.4 Å². The molecular formula is C21H21FN4O2S. The molecule has 1 amide bonds. The van der Waals surface area contributed by atoms with E-state index in [4.69, 9.17) is 5.73 Å². The lowest BCUT2D eigenvalue weighted by Gasteiger charge is -2.15. The van der Waals surface area contributed by atoms with E-state index >= 15 is 0 Å². The first-order valence-corrected chi connectivity index (χ1v) is 10.1. The molecule has 150 valence electrons. The van der Waals surface area contributed by atoms with Gasteiger partial charge in [0, 0.05) is 24.5 Å². The number of nitrogens with zero attached hydrogens (tertiary/aromatic N) is 2. The third kappa shape index (κ3) is 4.61. The monoisotopic (exact) mass is 412 g/mol. The van der Waals surface area contributed by atoms with Crippen molar-refractivity contribution in [2.45, 2.75) is 19.1 Å². The number of β-amino-alcohol motifs (C(OH)–C–C–N with tert-alkyl or cyclic N) is 1. The number of nitrogens with two attached hydrogens (primary N) is 1. The predicted octanol–water partition coefficient (Wildman–Crippen LogP) is 3.36. The molecule has 0 spiro atoms. The Hall–Kier alpha value is -2.81. The van der Waals surface area contributed by atoms with Gasteiger partial charge in [-0.25, -0.2) is 9.37 Å². The summed E-state index contributed by atoms with van der Waals surface area (Å²) in [6.45, 7) is 2.15. The Morgan fingerprint density at radius 1 is 1.31 bits per heavy atom. The van der Waals surface area contributed by atoms with Crippen molar-refractivity contribution < 1.29 is 14.3 Å². The quantitative estimate of drug-likeness (QED) is 0.578. The lowest BCUT2D eigenvalue weighted by Crippen LogP contribution is -2.22. The highest BCUT2D eigenvalue weighted by atomic mass is 32.1. The second-order valence-electron chi connectivity index (χ2n) is 7.04. The van der Waals surface area contributed by atoms with Gasteiger partial charge in [-0.2, -0.15) is 0 Å². The smallest absolute Gasteiger partial charge is 0.251 e. The molecule has 0 aliphatic carbocycles. The van der Waals surface area contributed by atoms with Gasteiger partial charge in [0.05, 0.1) is 17.4 Å². The van der Waals surface area contributed by atoms with E-state index < -0.39 is 5.91 Å². The molecule has 0 radical (unpaired) electrons.